The number of amidine groups is 1. The number of rotatable bonds is 0. The fourth-order valence-corrected chi connectivity index (χ4v) is 1.09. The van der Waals surface area contributed by atoms with E-state index in [0.717, 1.165) is 5.75 Å². The molecule has 4 nitrogen and oxygen atoms in total. The molecule has 0 bridgehead atoms. The molecule has 0 atom stereocenters. The quantitative estimate of drug-likeness (QED) is 0.353. The maximum absolute atomic E-state index is 9.86. The van der Waals surface area contributed by atoms with Gasteiger partial charge in [-0.25, -0.2) is 0 Å². The highest BCUT2D eigenvalue weighted by atomic mass is 32.2. The number of thioether (sulfide) groups is 1. The van der Waals surface area contributed by atoms with E-state index in [9.17, 15) is 10.1 Å². The molecule has 0 radical (unpaired) electrons. The Balaban J connectivity index is 2.57. The molecular formula is C3H4N2O2S. The molecule has 0 unspecified atom stereocenters. The van der Waals surface area contributed by atoms with Crippen molar-refractivity contribution >= 4 is 16.9 Å². The maximum Gasteiger partial charge on any atom is 0.394 e. The molecule has 1 aliphatic heterocycles. The average molecular weight is 132 g/mol. The number of aliphatic imine (C=N–C) groups is 1. The highest BCUT2D eigenvalue weighted by Crippen LogP contribution is 2.10. The normalized spacial score (nSPS) is 18.2. The summed E-state index contributed by atoms with van der Waals surface area (Å²) in [6.07, 6.45) is 0. The van der Waals surface area contributed by atoms with Crippen molar-refractivity contribution in [2.75, 3.05) is 12.3 Å². The minimum absolute atomic E-state index is 0.0602. The fraction of sp³-hybridized carbons (Fsp3) is 0.667. The minimum Gasteiger partial charge on any atom is -0.357 e. The molecule has 5 heteroatoms. The van der Waals surface area contributed by atoms with Gasteiger partial charge in [-0.05, 0) is 16.7 Å². The van der Waals surface area contributed by atoms with Gasteiger partial charge in [0.25, 0.3) is 0 Å². The van der Waals surface area contributed by atoms with Crippen LogP contribution in [-0.4, -0.2) is 22.4 Å². The van der Waals surface area contributed by atoms with E-state index in [0.29, 0.717) is 6.54 Å². The summed E-state index contributed by atoms with van der Waals surface area (Å²) in [6, 6.07) is 0. The minimum atomic E-state index is -0.447. The SMILES string of the molecule is O=[N+]([O-])C1=NCCS1. The summed E-state index contributed by atoms with van der Waals surface area (Å²) in [5, 5.41) is 9.92. The average Bonchev–Trinajstić information content (AvgIpc) is 2.12. The van der Waals surface area contributed by atoms with Gasteiger partial charge in [-0.3, -0.25) is 0 Å². The van der Waals surface area contributed by atoms with Crippen molar-refractivity contribution < 1.29 is 4.92 Å². The first-order valence-electron chi connectivity index (χ1n) is 2.12. The van der Waals surface area contributed by atoms with Crippen molar-refractivity contribution in [1.29, 1.82) is 0 Å². The van der Waals surface area contributed by atoms with E-state index in [-0.39, 0.29) is 5.17 Å². The lowest BCUT2D eigenvalue weighted by molar-refractivity contribution is -0.343. The van der Waals surface area contributed by atoms with Crippen LogP contribution in [-0.2, 0) is 0 Å². The number of hydrogen-bond donors (Lipinski definition) is 0. The lowest BCUT2D eigenvalue weighted by Gasteiger charge is -1.85. The standard InChI is InChI=1S/C3H4N2O2S/c6-5(7)3-4-1-2-8-3/h1-2H2. The van der Waals surface area contributed by atoms with Crippen molar-refractivity contribution in [1.82, 2.24) is 0 Å². The van der Waals surface area contributed by atoms with E-state index in [2.05, 4.69) is 4.99 Å². The molecule has 44 valence electrons. The Hall–Kier alpha value is -0.580. The lowest BCUT2D eigenvalue weighted by atomic mass is 10.8. The first-order chi connectivity index (χ1) is 3.80. The highest BCUT2D eigenvalue weighted by Gasteiger charge is 2.18. The second-order valence-electron chi connectivity index (χ2n) is 1.27. The Morgan fingerprint density at radius 2 is 2.62 bits per heavy atom. The van der Waals surface area contributed by atoms with Gasteiger partial charge in [0.2, 0.25) is 0 Å². The Kier molecular flexibility index (Phi) is 1.48. The third-order valence-electron chi connectivity index (χ3n) is 0.726. The fourth-order valence-electron chi connectivity index (χ4n) is 0.434. The summed E-state index contributed by atoms with van der Waals surface area (Å²) in [5.41, 5.74) is 0. The summed E-state index contributed by atoms with van der Waals surface area (Å²) in [7, 11) is 0. The van der Waals surface area contributed by atoms with E-state index in [4.69, 9.17) is 0 Å². The molecule has 1 rings (SSSR count). The molecule has 1 aliphatic rings. The van der Waals surface area contributed by atoms with Gasteiger partial charge in [-0.15, -0.1) is 0 Å². The van der Waals surface area contributed by atoms with Gasteiger partial charge in [0, 0.05) is 5.75 Å². The summed E-state index contributed by atoms with van der Waals surface area (Å²) in [4.78, 5) is 13.0. The molecule has 0 saturated carbocycles. The zero-order chi connectivity index (χ0) is 5.98. The third-order valence-corrected chi connectivity index (χ3v) is 1.65. The highest BCUT2D eigenvalue weighted by molar-refractivity contribution is 8.13. The second kappa shape index (κ2) is 2.13. The van der Waals surface area contributed by atoms with Crippen molar-refractivity contribution in [3.8, 4) is 0 Å². The molecule has 0 aromatic rings. The predicted molar refractivity (Wildman–Crippen MR) is 31.8 cm³/mol. The van der Waals surface area contributed by atoms with Crippen LogP contribution < -0.4 is 0 Å². The van der Waals surface area contributed by atoms with Gasteiger partial charge in [0.1, 0.15) is 6.54 Å². The van der Waals surface area contributed by atoms with Crippen LogP contribution in [0, 0.1) is 10.1 Å². The smallest absolute Gasteiger partial charge is 0.357 e. The maximum atomic E-state index is 9.86. The predicted octanol–water partition coefficient (Wildman–Crippen LogP) is 0.366. The number of hydrogen-bond acceptors (Lipinski definition) is 4. The Morgan fingerprint density at radius 1 is 1.88 bits per heavy atom. The van der Waals surface area contributed by atoms with Gasteiger partial charge >= 0.3 is 5.17 Å². The summed E-state index contributed by atoms with van der Waals surface area (Å²) in [6.45, 7) is 0.598. The molecule has 1 heterocycles. The van der Waals surface area contributed by atoms with Crippen LogP contribution in [0.25, 0.3) is 0 Å². The molecule has 0 aromatic carbocycles. The molecule has 0 aromatic heterocycles. The summed E-state index contributed by atoms with van der Waals surface area (Å²) < 4.78 is 0. The van der Waals surface area contributed by atoms with Crippen molar-refractivity contribution in [3.63, 3.8) is 0 Å². The van der Waals surface area contributed by atoms with E-state index in [1.54, 1.807) is 0 Å². The van der Waals surface area contributed by atoms with Crippen molar-refractivity contribution in [2.24, 2.45) is 4.99 Å². The molecule has 0 fully saturated rings. The molecule has 0 spiro atoms. The Bertz CT molecular complexity index is 144. The van der Waals surface area contributed by atoms with Gasteiger partial charge < -0.3 is 10.1 Å². The molecule has 0 saturated heterocycles. The van der Waals surface area contributed by atoms with Crippen molar-refractivity contribution in [3.05, 3.63) is 10.1 Å². The monoisotopic (exact) mass is 132 g/mol. The van der Waals surface area contributed by atoms with Gasteiger partial charge in [-0.2, -0.15) is 0 Å². The Morgan fingerprint density at radius 3 is 2.88 bits per heavy atom. The van der Waals surface area contributed by atoms with Crippen LogP contribution in [0.3, 0.4) is 0 Å². The van der Waals surface area contributed by atoms with E-state index in [1.807, 2.05) is 0 Å². The molecule has 0 aliphatic carbocycles. The largest absolute Gasteiger partial charge is 0.394 e. The van der Waals surface area contributed by atoms with E-state index in [1.165, 1.54) is 11.8 Å². The van der Waals surface area contributed by atoms with Crippen LogP contribution in [0.1, 0.15) is 0 Å². The topological polar surface area (TPSA) is 55.5 Å². The van der Waals surface area contributed by atoms with E-state index < -0.39 is 4.92 Å². The van der Waals surface area contributed by atoms with Crippen LogP contribution in [0.15, 0.2) is 4.99 Å². The Labute approximate surface area is 50.1 Å². The molecular weight excluding hydrogens is 128 g/mol. The number of nitro groups is 1. The van der Waals surface area contributed by atoms with Gasteiger partial charge in [0.05, 0.1) is 0 Å². The zero-order valence-electron chi connectivity index (χ0n) is 4.03. The van der Waals surface area contributed by atoms with Crippen LogP contribution in [0.2, 0.25) is 0 Å². The molecule has 0 amide bonds. The summed E-state index contributed by atoms with van der Waals surface area (Å²) in [5.74, 6) is 0.760. The first-order valence-corrected chi connectivity index (χ1v) is 3.11. The molecule has 0 N–H and O–H groups in total. The summed E-state index contributed by atoms with van der Waals surface area (Å²) >= 11 is 1.20. The van der Waals surface area contributed by atoms with E-state index >= 15 is 0 Å². The van der Waals surface area contributed by atoms with Crippen LogP contribution in [0.4, 0.5) is 0 Å². The second-order valence-corrected chi connectivity index (χ2v) is 2.33. The number of nitrogens with zero attached hydrogens (tertiary/aromatic N) is 2. The zero-order valence-corrected chi connectivity index (χ0v) is 4.85. The van der Waals surface area contributed by atoms with Gasteiger partial charge in [-0.1, -0.05) is 4.99 Å². The van der Waals surface area contributed by atoms with Crippen LogP contribution in [0.5, 0.6) is 0 Å². The third kappa shape index (κ3) is 0.975. The van der Waals surface area contributed by atoms with Crippen LogP contribution >= 0.6 is 11.8 Å². The lowest BCUT2D eigenvalue weighted by Crippen LogP contribution is -2.02. The molecule has 8 heavy (non-hydrogen) atoms. The van der Waals surface area contributed by atoms with Gasteiger partial charge in [0.15, 0.2) is 0 Å². The first kappa shape index (κ1) is 5.55. The van der Waals surface area contributed by atoms with Crippen molar-refractivity contribution in [2.45, 2.75) is 0 Å².